The van der Waals surface area contributed by atoms with Gasteiger partial charge in [0.1, 0.15) is 5.78 Å². The van der Waals surface area contributed by atoms with Crippen molar-refractivity contribution in [2.45, 2.75) is 53.1 Å². The van der Waals surface area contributed by atoms with Crippen molar-refractivity contribution < 1.29 is 24.2 Å². The fourth-order valence-corrected chi connectivity index (χ4v) is 4.52. The summed E-state index contributed by atoms with van der Waals surface area (Å²) in [4.78, 5) is 26.3. The van der Waals surface area contributed by atoms with Gasteiger partial charge >= 0.3 is 5.97 Å². The smallest absolute Gasteiger partial charge is 0.336 e. The predicted octanol–water partition coefficient (Wildman–Crippen LogP) is 4.47. The summed E-state index contributed by atoms with van der Waals surface area (Å²) in [6, 6.07) is 3.20. The second-order valence-electron chi connectivity index (χ2n) is 8.86. The quantitative estimate of drug-likeness (QED) is 0.681. The maximum absolute atomic E-state index is 13.3. The van der Waals surface area contributed by atoms with E-state index >= 15 is 0 Å². The molecule has 0 saturated heterocycles. The van der Waals surface area contributed by atoms with Crippen LogP contribution in [0.5, 0.6) is 11.5 Å². The summed E-state index contributed by atoms with van der Waals surface area (Å²) in [5, 5.41) is 13.5. The number of carbonyl (C=O) groups excluding carboxylic acids is 2. The van der Waals surface area contributed by atoms with E-state index in [0.29, 0.717) is 23.3 Å². The zero-order chi connectivity index (χ0) is 22.4. The zero-order valence-electron chi connectivity index (χ0n) is 18.1. The van der Waals surface area contributed by atoms with Crippen LogP contribution in [0.1, 0.15) is 52.5 Å². The van der Waals surface area contributed by atoms with Crippen LogP contribution in [-0.4, -0.2) is 30.1 Å². The third-order valence-electron chi connectivity index (χ3n) is 5.43. The third kappa shape index (κ3) is 4.06. The molecule has 1 aliphatic carbocycles. The number of esters is 1. The minimum Gasteiger partial charge on any atom is -0.503 e. The number of Topliss-reactive ketones (excluding diaryl/α,β-unsaturated/α-hetero) is 1. The molecule has 6 nitrogen and oxygen atoms in total. The molecule has 7 heteroatoms. The van der Waals surface area contributed by atoms with Gasteiger partial charge in [0, 0.05) is 23.7 Å². The first-order valence-corrected chi connectivity index (χ1v) is 10.3. The van der Waals surface area contributed by atoms with Gasteiger partial charge in [0.25, 0.3) is 0 Å². The first-order chi connectivity index (χ1) is 13.9. The van der Waals surface area contributed by atoms with Gasteiger partial charge in [-0.1, -0.05) is 31.5 Å². The van der Waals surface area contributed by atoms with Gasteiger partial charge in [0.2, 0.25) is 0 Å². The van der Waals surface area contributed by atoms with Gasteiger partial charge < -0.3 is 19.9 Å². The van der Waals surface area contributed by atoms with Gasteiger partial charge in [-0.05, 0) is 43.9 Å². The highest BCUT2D eigenvalue weighted by molar-refractivity contribution is 6.32. The highest BCUT2D eigenvalue weighted by Gasteiger charge is 2.46. The lowest BCUT2D eigenvalue weighted by Crippen LogP contribution is -2.43. The molecule has 0 fully saturated rings. The largest absolute Gasteiger partial charge is 0.503 e. The van der Waals surface area contributed by atoms with Crippen molar-refractivity contribution in [2.24, 2.45) is 11.3 Å². The van der Waals surface area contributed by atoms with Crippen molar-refractivity contribution in [1.29, 1.82) is 0 Å². The van der Waals surface area contributed by atoms with E-state index in [1.807, 2.05) is 13.8 Å². The van der Waals surface area contributed by atoms with Crippen LogP contribution in [0.3, 0.4) is 0 Å². The number of ether oxygens (including phenoxy) is 2. The maximum Gasteiger partial charge on any atom is 0.336 e. The van der Waals surface area contributed by atoms with Crippen molar-refractivity contribution in [3.05, 3.63) is 45.8 Å². The van der Waals surface area contributed by atoms with Crippen molar-refractivity contribution >= 4 is 23.4 Å². The Bertz CT molecular complexity index is 961. The molecule has 30 heavy (non-hydrogen) atoms. The molecule has 1 aromatic carbocycles. The molecule has 2 N–H and O–H groups in total. The molecule has 1 aromatic rings. The monoisotopic (exact) mass is 433 g/mol. The van der Waals surface area contributed by atoms with Crippen LogP contribution in [0.2, 0.25) is 5.02 Å². The second-order valence-corrected chi connectivity index (χ2v) is 9.27. The fourth-order valence-electron chi connectivity index (χ4n) is 4.30. The lowest BCUT2D eigenvalue weighted by molar-refractivity contribution is -0.143. The van der Waals surface area contributed by atoms with Crippen LogP contribution >= 0.6 is 11.6 Å². The number of hydrogen-bond donors (Lipinski definition) is 2. The summed E-state index contributed by atoms with van der Waals surface area (Å²) in [6.07, 6.45) is 2.10. The number of methoxy groups -OCH3 is 1. The van der Waals surface area contributed by atoms with E-state index in [0.717, 1.165) is 5.70 Å². The summed E-state index contributed by atoms with van der Waals surface area (Å²) >= 11 is 6.24. The Hall–Kier alpha value is -2.47. The number of carbonyl (C=O) groups is 2. The van der Waals surface area contributed by atoms with Gasteiger partial charge in [0.05, 0.1) is 29.7 Å². The number of fused-ring (bicyclic) bond motifs is 1. The number of nitrogens with one attached hydrogen (secondary N) is 1. The molecule has 0 saturated carbocycles. The Balaban J connectivity index is 2.25. The summed E-state index contributed by atoms with van der Waals surface area (Å²) < 4.78 is 10.8. The summed E-state index contributed by atoms with van der Waals surface area (Å²) in [5.41, 5.74) is 2.09. The Morgan fingerprint density at radius 2 is 1.97 bits per heavy atom. The molecule has 1 aliphatic heterocycles. The van der Waals surface area contributed by atoms with E-state index in [2.05, 4.69) is 11.4 Å². The third-order valence-corrected chi connectivity index (χ3v) is 5.72. The lowest BCUT2D eigenvalue weighted by atomic mass is 9.66. The number of aromatic hydroxyl groups is 1. The van der Waals surface area contributed by atoms with Gasteiger partial charge in [-0.15, -0.1) is 0 Å². The molecule has 3 rings (SSSR count). The maximum atomic E-state index is 13.3. The zero-order valence-corrected chi connectivity index (χ0v) is 18.9. The van der Waals surface area contributed by atoms with E-state index in [1.54, 1.807) is 32.9 Å². The molecule has 0 aromatic heterocycles. The Morgan fingerprint density at radius 1 is 1.30 bits per heavy atom. The number of phenolic OH excluding ortho intramolecular Hbond substituents is 1. The van der Waals surface area contributed by atoms with Crippen LogP contribution in [0.4, 0.5) is 0 Å². The molecule has 1 heterocycles. The number of hydrogen-bond acceptors (Lipinski definition) is 6. The molecule has 0 radical (unpaired) electrons. The minimum absolute atomic E-state index is 0.0283. The summed E-state index contributed by atoms with van der Waals surface area (Å²) in [5.74, 6) is -1.66. The van der Waals surface area contributed by atoms with E-state index in [1.165, 1.54) is 7.11 Å². The predicted molar refractivity (Wildman–Crippen MR) is 114 cm³/mol. The Kier molecular flexibility index (Phi) is 5.92. The number of allylic oxidation sites excluding steroid dienone is 3. The van der Waals surface area contributed by atoms with E-state index in [-0.39, 0.29) is 33.8 Å². The molecular weight excluding hydrogens is 406 g/mol. The highest BCUT2D eigenvalue weighted by atomic mass is 35.5. The summed E-state index contributed by atoms with van der Waals surface area (Å²) in [6.45, 7) is 9.37. The SMILES string of the molecule is COc1cc(C2C(C(=O)OC(C)C)=C(C)NC3=CC(C)(C)CC(=O)C32)cc(Cl)c1O. The molecular formula is C23H28ClNO5. The van der Waals surface area contributed by atoms with E-state index in [9.17, 15) is 14.7 Å². The molecule has 2 unspecified atom stereocenters. The molecule has 0 bridgehead atoms. The molecule has 0 amide bonds. The van der Waals surface area contributed by atoms with Crippen molar-refractivity contribution in [3.63, 3.8) is 0 Å². The highest BCUT2D eigenvalue weighted by Crippen LogP contribution is 2.49. The van der Waals surface area contributed by atoms with Crippen molar-refractivity contribution in [3.8, 4) is 11.5 Å². The van der Waals surface area contributed by atoms with Gasteiger partial charge in [0.15, 0.2) is 11.5 Å². The summed E-state index contributed by atoms with van der Waals surface area (Å²) in [7, 11) is 1.42. The van der Waals surface area contributed by atoms with Gasteiger partial charge in [-0.2, -0.15) is 0 Å². The topological polar surface area (TPSA) is 84.9 Å². The first-order valence-electron chi connectivity index (χ1n) is 9.95. The van der Waals surface area contributed by atoms with Crippen LogP contribution in [0, 0.1) is 11.3 Å². The Labute approximate surface area is 181 Å². The van der Waals surface area contributed by atoms with Crippen molar-refractivity contribution in [2.75, 3.05) is 7.11 Å². The number of phenols is 1. The number of halogens is 1. The molecule has 2 aliphatic rings. The van der Waals surface area contributed by atoms with Crippen LogP contribution in [0.15, 0.2) is 35.2 Å². The average Bonchev–Trinajstić information content (AvgIpc) is 2.60. The first kappa shape index (κ1) is 22.2. The molecule has 0 spiro atoms. The van der Waals surface area contributed by atoms with Crippen LogP contribution in [-0.2, 0) is 14.3 Å². The normalized spacial score (nSPS) is 22.9. The molecule has 2 atom stereocenters. The van der Waals surface area contributed by atoms with Gasteiger partial charge in [-0.3, -0.25) is 4.79 Å². The molecule has 162 valence electrons. The lowest BCUT2D eigenvalue weighted by Gasteiger charge is -2.41. The number of benzene rings is 1. The fraction of sp³-hybridized carbons (Fsp3) is 0.478. The van der Waals surface area contributed by atoms with Crippen molar-refractivity contribution in [1.82, 2.24) is 5.32 Å². The van der Waals surface area contributed by atoms with Gasteiger partial charge in [-0.25, -0.2) is 4.79 Å². The average molecular weight is 434 g/mol. The van der Waals surface area contributed by atoms with Crippen LogP contribution in [0.25, 0.3) is 0 Å². The Morgan fingerprint density at radius 3 is 2.57 bits per heavy atom. The second kappa shape index (κ2) is 7.99. The number of rotatable bonds is 4. The minimum atomic E-state index is -0.612. The van der Waals surface area contributed by atoms with E-state index < -0.39 is 17.8 Å². The standard InChI is InChI=1S/C23H28ClNO5/c1-11(2)30-22(28)18-12(3)25-15-9-23(4,5)10-16(26)20(15)19(18)13-7-14(24)21(27)17(8-13)29-6/h7-9,11,19-20,25,27H,10H2,1-6H3. The van der Waals surface area contributed by atoms with E-state index in [4.69, 9.17) is 21.1 Å². The number of ketones is 1. The van der Waals surface area contributed by atoms with Crippen LogP contribution < -0.4 is 10.1 Å².